The molecule has 2 heteroatoms. The molecule has 2 nitrogen and oxygen atoms in total. The van der Waals surface area contributed by atoms with Gasteiger partial charge in [0, 0.05) is 18.1 Å². The van der Waals surface area contributed by atoms with Gasteiger partial charge < -0.3 is 10.2 Å². The van der Waals surface area contributed by atoms with E-state index in [-0.39, 0.29) is 0 Å². The quantitative estimate of drug-likeness (QED) is 0.840. The first-order valence-electron chi connectivity index (χ1n) is 8.84. The van der Waals surface area contributed by atoms with Crippen LogP contribution >= 0.6 is 0 Å². The molecule has 0 amide bonds. The summed E-state index contributed by atoms with van der Waals surface area (Å²) in [6.45, 7) is 8.48. The Hall–Kier alpha value is -0.0800. The largest absolute Gasteiger partial charge is 0.312 e. The van der Waals surface area contributed by atoms with Crippen LogP contribution < -0.4 is 5.32 Å². The van der Waals surface area contributed by atoms with Crippen LogP contribution in [-0.2, 0) is 0 Å². The Labute approximate surface area is 126 Å². The molecule has 2 aliphatic carbocycles. The number of nitrogens with one attached hydrogen (secondary N) is 1. The summed E-state index contributed by atoms with van der Waals surface area (Å²) in [7, 11) is 4.57. The van der Waals surface area contributed by atoms with Crippen molar-refractivity contribution in [3.05, 3.63) is 0 Å². The minimum absolute atomic E-state index is 0.401. The number of nitrogens with zero attached hydrogens (tertiary/aromatic N) is 1. The zero-order valence-electron chi connectivity index (χ0n) is 14.4. The Morgan fingerprint density at radius 1 is 1.05 bits per heavy atom. The van der Waals surface area contributed by atoms with Crippen LogP contribution in [0.5, 0.6) is 0 Å². The van der Waals surface area contributed by atoms with E-state index in [1.807, 2.05) is 0 Å². The fourth-order valence-electron chi connectivity index (χ4n) is 4.50. The van der Waals surface area contributed by atoms with Gasteiger partial charge in [0.15, 0.2) is 0 Å². The average Bonchev–Trinajstić information content (AvgIpc) is 2.40. The molecule has 2 rings (SSSR count). The first-order chi connectivity index (χ1) is 9.43. The third-order valence-corrected chi connectivity index (χ3v) is 6.17. The van der Waals surface area contributed by atoms with E-state index in [1.54, 1.807) is 0 Å². The number of hydrogen-bond acceptors (Lipinski definition) is 2. The van der Waals surface area contributed by atoms with Gasteiger partial charge in [-0.3, -0.25) is 0 Å². The number of rotatable bonds is 4. The van der Waals surface area contributed by atoms with Crippen molar-refractivity contribution in [2.45, 2.75) is 77.3 Å². The first kappa shape index (κ1) is 16.3. The summed E-state index contributed by atoms with van der Waals surface area (Å²) in [6, 6.07) is 0.743. The van der Waals surface area contributed by atoms with E-state index >= 15 is 0 Å². The summed E-state index contributed by atoms with van der Waals surface area (Å²) in [6.07, 6.45) is 9.77. The van der Waals surface area contributed by atoms with Gasteiger partial charge in [0.25, 0.3) is 0 Å². The van der Waals surface area contributed by atoms with Crippen LogP contribution in [0.15, 0.2) is 0 Å². The van der Waals surface area contributed by atoms with E-state index in [0.717, 1.165) is 23.8 Å². The van der Waals surface area contributed by atoms with E-state index in [4.69, 9.17) is 0 Å². The standard InChI is InChI=1S/C18H36N2/c1-14-8-9-16(3)17(11-14)19-13-18(20(4)5)10-6-7-15(2)12-18/h14-17,19H,6-13H2,1-5H3. The van der Waals surface area contributed by atoms with Gasteiger partial charge in [-0.05, 0) is 57.5 Å². The van der Waals surface area contributed by atoms with Crippen LogP contribution in [0, 0.1) is 17.8 Å². The minimum Gasteiger partial charge on any atom is -0.312 e. The molecule has 0 aromatic heterocycles. The van der Waals surface area contributed by atoms with Gasteiger partial charge in [-0.15, -0.1) is 0 Å². The predicted molar refractivity (Wildman–Crippen MR) is 88.0 cm³/mol. The summed E-state index contributed by atoms with van der Waals surface area (Å²) in [5.74, 6) is 2.64. The average molecular weight is 280 g/mol. The molecule has 0 radical (unpaired) electrons. The molecule has 2 fully saturated rings. The SMILES string of the molecule is CC1CCC(C)C(NCC2(N(C)C)CCCC(C)C2)C1. The molecule has 2 aliphatic rings. The third-order valence-electron chi connectivity index (χ3n) is 6.17. The lowest BCUT2D eigenvalue weighted by molar-refractivity contribution is 0.0659. The van der Waals surface area contributed by atoms with E-state index in [9.17, 15) is 0 Å². The van der Waals surface area contributed by atoms with Gasteiger partial charge in [-0.2, -0.15) is 0 Å². The maximum atomic E-state index is 3.97. The summed E-state index contributed by atoms with van der Waals surface area (Å²) < 4.78 is 0. The van der Waals surface area contributed by atoms with E-state index in [1.165, 1.54) is 51.5 Å². The molecule has 20 heavy (non-hydrogen) atoms. The van der Waals surface area contributed by atoms with Crippen molar-refractivity contribution in [3.63, 3.8) is 0 Å². The van der Waals surface area contributed by atoms with Gasteiger partial charge in [-0.1, -0.05) is 40.0 Å². The van der Waals surface area contributed by atoms with Crippen LogP contribution in [0.3, 0.4) is 0 Å². The number of hydrogen-bond donors (Lipinski definition) is 1. The number of likely N-dealkylation sites (N-methyl/N-ethyl adjacent to an activating group) is 1. The highest BCUT2D eigenvalue weighted by atomic mass is 15.2. The maximum Gasteiger partial charge on any atom is 0.0330 e. The highest BCUT2D eigenvalue weighted by molar-refractivity contribution is 4.96. The van der Waals surface area contributed by atoms with Crippen LogP contribution in [0.25, 0.3) is 0 Å². The molecular weight excluding hydrogens is 244 g/mol. The molecule has 5 unspecified atom stereocenters. The molecule has 0 aliphatic heterocycles. The van der Waals surface area contributed by atoms with Crippen molar-refractivity contribution in [1.82, 2.24) is 10.2 Å². The zero-order valence-corrected chi connectivity index (χ0v) is 14.4. The Kier molecular flexibility index (Phi) is 5.53. The van der Waals surface area contributed by atoms with Crippen molar-refractivity contribution in [2.75, 3.05) is 20.6 Å². The van der Waals surface area contributed by atoms with Crippen molar-refractivity contribution >= 4 is 0 Å². The van der Waals surface area contributed by atoms with Crippen molar-refractivity contribution in [2.24, 2.45) is 17.8 Å². The van der Waals surface area contributed by atoms with Gasteiger partial charge in [0.2, 0.25) is 0 Å². The molecule has 0 bridgehead atoms. The van der Waals surface area contributed by atoms with E-state index in [0.29, 0.717) is 5.54 Å². The molecule has 0 spiro atoms. The molecular formula is C18H36N2. The molecule has 118 valence electrons. The lowest BCUT2D eigenvalue weighted by Crippen LogP contribution is -2.56. The summed E-state index contributed by atoms with van der Waals surface area (Å²) >= 11 is 0. The first-order valence-corrected chi connectivity index (χ1v) is 8.84. The molecule has 0 aromatic carbocycles. The monoisotopic (exact) mass is 280 g/mol. The topological polar surface area (TPSA) is 15.3 Å². The van der Waals surface area contributed by atoms with Gasteiger partial charge in [0.1, 0.15) is 0 Å². The van der Waals surface area contributed by atoms with Gasteiger partial charge >= 0.3 is 0 Å². The molecule has 0 heterocycles. The maximum absolute atomic E-state index is 3.97. The van der Waals surface area contributed by atoms with Crippen molar-refractivity contribution < 1.29 is 0 Å². The lowest BCUT2D eigenvalue weighted by Gasteiger charge is -2.47. The molecule has 2 saturated carbocycles. The van der Waals surface area contributed by atoms with Gasteiger partial charge in [0.05, 0.1) is 0 Å². The molecule has 5 atom stereocenters. The van der Waals surface area contributed by atoms with Crippen molar-refractivity contribution in [1.29, 1.82) is 0 Å². The summed E-state index contributed by atoms with van der Waals surface area (Å²) in [4.78, 5) is 2.51. The van der Waals surface area contributed by atoms with Crippen LogP contribution in [0.1, 0.15) is 65.7 Å². The minimum atomic E-state index is 0.401. The van der Waals surface area contributed by atoms with E-state index in [2.05, 4.69) is 45.1 Å². The van der Waals surface area contributed by atoms with Crippen LogP contribution in [0.2, 0.25) is 0 Å². The fourth-order valence-corrected chi connectivity index (χ4v) is 4.50. The second-order valence-corrected chi connectivity index (χ2v) is 8.20. The zero-order chi connectivity index (χ0) is 14.8. The highest BCUT2D eigenvalue weighted by Gasteiger charge is 2.38. The molecule has 0 saturated heterocycles. The summed E-state index contributed by atoms with van der Waals surface area (Å²) in [5, 5.41) is 3.97. The lowest BCUT2D eigenvalue weighted by atomic mass is 9.74. The van der Waals surface area contributed by atoms with Crippen LogP contribution in [-0.4, -0.2) is 37.1 Å². The predicted octanol–water partition coefficient (Wildman–Crippen LogP) is 3.91. The Bertz CT molecular complexity index is 302. The van der Waals surface area contributed by atoms with Crippen molar-refractivity contribution in [3.8, 4) is 0 Å². The fraction of sp³-hybridized carbons (Fsp3) is 1.00. The van der Waals surface area contributed by atoms with E-state index < -0.39 is 0 Å². The highest BCUT2D eigenvalue weighted by Crippen LogP contribution is 2.36. The third kappa shape index (κ3) is 3.76. The Morgan fingerprint density at radius 2 is 1.80 bits per heavy atom. The second-order valence-electron chi connectivity index (χ2n) is 8.20. The molecule has 1 N–H and O–H groups in total. The summed E-state index contributed by atoms with van der Waals surface area (Å²) in [5.41, 5.74) is 0.401. The Balaban J connectivity index is 1.95. The van der Waals surface area contributed by atoms with Crippen LogP contribution in [0.4, 0.5) is 0 Å². The second kappa shape index (κ2) is 6.79. The van der Waals surface area contributed by atoms with Gasteiger partial charge in [-0.25, -0.2) is 0 Å². The Morgan fingerprint density at radius 3 is 2.45 bits per heavy atom. The molecule has 0 aromatic rings. The normalized spacial score (nSPS) is 42.9. The smallest absolute Gasteiger partial charge is 0.0330 e.